The molecular formula is C12H21N3O2S. The molecule has 1 aromatic rings. The molecule has 1 unspecified atom stereocenters. The molecule has 0 bridgehead atoms. The quantitative estimate of drug-likeness (QED) is 0.815. The lowest BCUT2D eigenvalue weighted by Crippen LogP contribution is -2.34. The van der Waals surface area contributed by atoms with Gasteiger partial charge in [-0.2, -0.15) is 0 Å². The zero-order chi connectivity index (χ0) is 13.8. The Labute approximate surface area is 109 Å². The molecule has 1 heterocycles. The van der Waals surface area contributed by atoms with E-state index < -0.39 is 10.0 Å². The first-order valence-electron chi connectivity index (χ1n) is 6.02. The first-order chi connectivity index (χ1) is 8.35. The molecule has 0 saturated carbocycles. The van der Waals surface area contributed by atoms with E-state index in [9.17, 15) is 8.42 Å². The highest BCUT2D eigenvalue weighted by molar-refractivity contribution is 7.89. The summed E-state index contributed by atoms with van der Waals surface area (Å²) in [5.41, 5.74) is 6.25. The van der Waals surface area contributed by atoms with Gasteiger partial charge in [-0.15, -0.1) is 0 Å². The summed E-state index contributed by atoms with van der Waals surface area (Å²) in [4.78, 5) is 3.92. The first kappa shape index (κ1) is 15.1. The third-order valence-electron chi connectivity index (χ3n) is 2.49. The van der Waals surface area contributed by atoms with Crippen molar-refractivity contribution in [1.82, 2.24) is 9.71 Å². The van der Waals surface area contributed by atoms with Crippen LogP contribution in [0.5, 0.6) is 0 Å². The number of hydrogen-bond acceptors (Lipinski definition) is 4. The largest absolute Gasteiger partial charge is 0.326 e. The second kappa shape index (κ2) is 6.26. The summed E-state index contributed by atoms with van der Waals surface area (Å²) < 4.78 is 26.7. The van der Waals surface area contributed by atoms with Gasteiger partial charge in [0.25, 0.3) is 10.0 Å². The van der Waals surface area contributed by atoms with Crippen molar-refractivity contribution >= 4 is 10.0 Å². The average Bonchev–Trinajstić information content (AvgIpc) is 2.27. The molecule has 18 heavy (non-hydrogen) atoms. The first-order valence-corrected chi connectivity index (χ1v) is 7.50. The molecule has 0 fully saturated rings. The van der Waals surface area contributed by atoms with E-state index in [0.717, 1.165) is 12.0 Å². The zero-order valence-corrected chi connectivity index (χ0v) is 11.9. The van der Waals surface area contributed by atoms with Crippen LogP contribution in [0.4, 0.5) is 0 Å². The molecule has 0 amide bonds. The second-order valence-electron chi connectivity index (χ2n) is 4.86. The van der Waals surface area contributed by atoms with Gasteiger partial charge in [0.15, 0.2) is 5.03 Å². The maximum absolute atomic E-state index is 12.0. The van der Waals surface area contributed by atoms with Gasteiger partial charge in [0.1, 0.15) is 0 Å². The Balaban J connectivity index is 2.79. The zero-order valence-electron chi connectivity index (χ0n) is 11.1. The smallest absolute Gasteiger partial charge is 0.258 e. The summed E-state index contributed by atoms with van der Waals surface area (Å²) in [5.74, 6) is 0.440. The molecule has 6 heteroatoms. The minimum Gasteiger partial charge on any atom is -0.326 e. The highest BCUT2D eigenvalue weighted by Crippen LogP contribution is 2.10. The Morgan fingerprint density at radius 3 is 2.44 bits per heavy atom. The van der Waals surface area contributed by atoms with Crippen molar-refractivity contribution in [1.29, 1.82) is 0 Å². The summed E-state index contributed by atoms with van der Waals surface area (Å²) in [7, 11) is -3.53. The molecule has 0 radical (unpaired) electrons. The molecule has 1 atom stereocenters. The van der Waals surface area contributed by atoms with Crippen LogP contribution in [0.25, 0.3) is 0 Å². The van der Waals surface area contributed by atoms with Gasteiger partial charge in [-0.3, -0.25) is 0 Å². The fraction of sp³-hybridized carbons (Fsp3) is 0.583. The normalized spacial score (nSPS) is 13.8. The topological polar surface area (TPSA) is 85.1 Å². The van der Waals surface area contributed by atoms with Crippen LogP contribution in [0.1, 0.15) is 32.8 Å². The summed E-state index contributed by atoms with van der Waals surface area (Å²) >= 11 is 0. The van der Waals surface area contributed by atoms with Gasteiger partial charge >= 0.3 is 0 Å². The van der Waals surface area contributed by atoms with E-state index in [1.807, 2.05) is 6.92 Å². The van der Waals surface area contributed by atoms with Gasteiger partial charge in [0.05, 0.1) is 0 Å². The van der Waals surface area contributed by atoms with Crippen molar-refractivity contribution in [3.05, 3.63) is 23.9 Å². The SMILES string of the molecule is CC(C)CC(C)NS(=O)(=O)c1ccc(CN)cn1. The third-order valence-corrected chi connectivity index (χ3v) is 3.99. The van der Waals surface area contributed by atoms with Gasteiger partial charge in [-0.05, 0) is 30.9 Å². The van der Waals surface area contributed by atoms with E-state index in [0.29, 0.717) is 12.5 Å². The average molecular weight is 271 g/mol. The van der Waals surface area contributed by atoms with Gasteiger partial charge in [0, 0.05) is 18.8 Å². The number of hydrogen-bond donors (Lipinski definition) is 2. The maximum Gasteiger partial charge on any atom is 0.258 e. The summed E-state index contributed by atoms with van der Waals surface area (Å²) in [6, 6.07) is 3.05. The Morgan fingerprint density at radius 1 is 1.33 bits per heavy atom. The molecule has 0 aliphatic rings. The van der Waals surface area contributed by atoms with Crippen molar-refractivity contribution in [3.63, 3.8) is 0 Å². The molecule has 0 aliphatic heterocycles. The number of sulfonamides is 1. The second-order valence-corrected chi connectivity index (χ2v) is 6.52. The molecule has 0 spiro atoms. The highest BCUT2D eigenvalue weighted by atomic mass is 32.2. The monoisotopic (exact) mass is 271 g/mol. The molecule has 0 saturated heterocycles. The lowest BCUT2D eigenvalue weighted by Gasteiger charge is -2.15. The molecule has 102 valence electrons. The van der Waals surface area contributed by atoms with Crippen LogP contribution in [0.2, 0.25) is 0 Å². The molecule has 3 N–H and O–H groups in total. The third kappa shape index (κ3) is 4.36. The lowest BCUT2D eigenvalue weighted by molar-refractivity contribution is 0.481. The van der Waals surface area contributed by atoms with E-state index in [1.54, 1.807) is 6.07 Å². The van der Waals surface area contributed by atoms with Gasteiger partial charge in [-0.25, -0.2) is 18.1 Å². The highest BCUT2D eigenvalue weighted by Gasteiger charge is 2.19. The predicted octanol–water partition coefficient (Wildman–Crippen LogP) is 1.25. The molecule has 1 aromatic heterocycles. The predicted molar refractivity (Wildman–Crippen MR) is 71.4 cm³/mol. The van der Waals surface area contributed by atoms with Crippen molar-refractivity contribution in [3.8, 4) is 0 Å². The van der Waals surface area contributed by atoms with Crippen molar-refractivity contribution in [2.75, 3.05) is 0 Å². The van der Waals surface area contributed by atoms with E-state index in [1.165, 1.54) is 12.3 Å². The standard InChI is InChI=1S/C12H21N3O2S/c1-9(2)6-10(3)15-18(16,17)12-5-4-11(7-13)8-14-12/h4-5,8-10,15H,6-7,13H2,1-3H3. The Bertz CT molecular complexity index is 469. The molecule has 1 rings (SSSR count). The van der Waals surface area contributed by atoms with E-state index in [2.05, 4.69) is 23.6 Å². The number of pyridine rings is 1. The van der Waals surface area contributed by atoms with Crippen LogP contribution in [0.15, 0.2) is 23.4 Å². The number of nitrogens with two attached hydrogens (primary N) is 1. The van der Waals surface area contributed by atoms with Gasteiger partial charge in [0.2, 0.25) is 0 Å². The van der Waals surface area contributed by atoms with E-state index in [-0.39, 0.29) is 11.1 Å². The van der Waals surface area contributed by atoms with Crippen molar-refractivity contribution in [2.45, 2.75) is 44.8 Å². The Morgan fingerprint density at radius 2 is 2.00 bits per heavy atom. The van der Waals surface area contributed by atoms with Crippen LogP contribution in [-0.4, -0.2) is 19.4 Å². The van der Waals surface area contributed by atoms with Crippen LogP contribution < -0.4 is 10.5 Å². The van der Waals surface area contributed by atoms with Crippen LogP contribution in [-0.2, 0) is 16.6 Å². The van der Waals surface area contributed by atoms with Crippen molar-refractivity contribution in [2.24, 2.45) is 11.7 Å². The minimum atomic E-state index is -3.53. The van der Waals surface area contributed by atoms with Crippen LogP contribution in [0, 0.1) is 5.92 Å². The van der Waals surface area contributed by atoms with Crippen LogP contribution >= 0.6 is 0 Å². The number of nitrogens with zero attached hydrogens (tertiary/aromatic N) is 1. The summed E-state index contributed by atoms with van der Waals surface area (Å²) in [6.07, 6.45) is 2.28. The fourth-order valence-corrected chi connectivity index (χ4v) is 2.96. The fourth-order valence-electron chi connectivity index (χ4n) is 1.77. The maximum atomic E-state index is 12.0. The number of aromatic nitrogens is 1. The number of rotatable bonds is 6. The van der Waals surface area contributed by atoms with E-state index in [4.69, 9.17) is 5.73 Å². The Kier molecular flexibility index (Phi) is 5.25. The number of nitrogens with one attached hydrogen (secondary N) is 1. The molecular weight excluding hydrogens is 250 g/mol. The Hall–Kier alpha value is -0.980. The summed E-state index contributed by atoms with van der Waals surface area (Å²) in [6.45, 7) is 6.31. The van der Waals surface area contributed by atoms with Gasteiger partial charge < -0.3 is 5.73 Å². The molecule has 0 aromatic carbocycles. The molecule has 0 aliphatic carbocycles. The molecule has 5 nitrogen and oxygen atoms in total. The van der Waals surface area contributed by atoms with E-state index >= 15 is 0 Å². The lowest BCUT2D eigenvalue weighted by atomic mass is 10.1. The van der Waals surface area contributed by atoms with Crippen LogP contribution in [0.3, 0.4) is 0 Å². The summed E-state index contributed by atoms with van der Waals surface area (Å²) in [5, 5.41) is 0.0373. The van der Waals surface area contributed by atoms with Gasteiger partial charge in [-0.1, -0.05) is 19.9 Å². The minimum absolute atomic E-state index is 0.0373. The van der Waals surface area contributed by atoms with Crippen molar-refractivity contribution < 1.29 is 8.42 Å².